The number of carbonyl (C=O) groups is 1. The molecule has 0 spiro atoms. The summed E-state index contributed by atoms with van der Waals surface area (Å²) in [6.07, 6.45) is -0.752. The minimum Gasteiger partial charge on any atom is -0.493 e. The molecule has 1 aromatic heterocycles. The quantitative estimate of drug-likeness (QED) is 0.173. The van der Waals surface area contributed by atoms with Crippen molar-refractivity contribution >= 4 is 21.7 Å². The Bertz CT molecular complexity index is 1750. The van der Waals surface area contributed by atoms with Crippen LogP contribution in [0.15, 0.2) is 94.8 Å². The van der Waals surface area contributed by atoms with E-state index in [1.165, 1.54) is 19.1 Å². The SMILES string of the molecule is Cc1oc(-c2ccc(C3=CC=CS3=O)cc2)nc1CCOc1ccc(CC(C)(Oc2ccc(OC(F)(F)F)cc2)C(=O)O)cc1. The summed E-state index contributed by atoms with van der Waals surface area (Å²) in [4.78, 5) is 17.5. The summed E-state index contributed by atoms with van der Waals surface area (Å²) in [7, 11) is -1.13. The van der Waals surface area contributed by atoms with Gasteiger partial charge in [-0.05, 0) is 79.6 Å². The molecule has 5 rings (SSSR count). The lowest BCUT2D eigenvalue weighted by Gasteiger charge is -2.26. The van der Waals surface area contributed by atoms with E-state index < -0.39 is 34.5 Å². The number of aryl methyl sites for hydroxylation is 1. The number of oxazole rings is 1. The van der Waals surface area contributed by atoms with Gasteiger partial charge in [0, 0.05) is 23.8 Å². The standard InChI is InChI=1S/C33H28F3NO7S/c1-21-28(37-30(42-21)24-9-7-23(8-10-24)29-4-3-19-45(29)40)17-18-41-25-11-5-22(6-12-25)20-32(2,31(38)39)43-26-13-15-27(16-14-26)44-33(34,35)36/h3-16,19H,17-18,20H2,1-2H3,(H,38,39). The highest BCUT2D eigenvalue weighted by Gasteiger charge is 2.36. The highest BCUT2D eigenvalue weighted by molar-refractivity contribution is 7.97. The maximum Gasteiger partial charge on any atom is 0.573 e. The number of nitrogens with zero attached hydrogens (tertiary/aromatic N) is 1. The van der Waals surface area contributed by atoms with E-state index >= 15 is 0 Å². The van der Waals surface area contributed by atoms with Crippen molar-refractivity contribution in [3.8, 4) is 28.7 Å². The molecule has 234 valence electrons. The molecule has 1 N–H and O–H groups in total. The monoisotopic (exact) mass is 639 g/mol. The molecule has 1 aliphatic heterocycles. The van der Waals surface area contributed by atoms with Gasteiger partial charge in [-0.25, -0.2) is 14.0 Å². The van der Waals surface area contributed by atoms with Gasteiger partial charge in [0.25, 0.3) is 0 Å². The van der Waals surface area contributed by atoms with Crippen LogP contribution in [0.1, 0.15) is 29.5 Å². The van der Waals surface area contributed by atoms with Gasteiger partial charge in [-0.3, -0.25) is 0 Å². The Kier molecular flexibility index (Phi) is 9.14. The fraction of sp³-hybridized carbons (Fsp3) is 0.212. The van der Waals surface area contributed by atoms with Crippen molar-refractivity contribution in [2.45, 2.75) is 38.7 Å². The second-order valence-electron chi connectivity index (χ2n) is 10.3. The van der Waals surface area contributed by atoms with E-state index in [0.29, 0.717) is 36.0 Å². The summed E-state index contributed by atoms with van der Waals surface area (Å²) in [5.74, 6) is 0.121. The second-order valence-corrected chi connectivity index (χ2v) is 11.6. The van der Waals surface area contributed by atoms with Crippen LogP contribution < -0.4 is 14.2 Å². The molecule has 0 bridgehead atoms. The maximum atomic E-state index is 12.4. The minimum atomic E-state index is -4.84. The Labute approximate surface area is 259 Å². The van der Waals surface area contributed by atoms with Gasteiger partial charge in [0.1, 0.15) is 23.0 Å². The van der Waals surface area contributed by atoms with Crippen LogP contribution in [0.3, 0.4) is 0 Å². The van der Waals surface area contributed by atoms with Gasteiger partial charge in [0.2, 0.25) is 11.5 Å². The van der Waals surface area contributed by atoms with Gasteiger partial charge < -0.3 is 23.7 Å². The number of halogens is 3. The average molecular weight is 640 g/mol. The molecular formula is C33H28F3NO7S. The summed E-state index contributed by atoms with van der Waals surface area (Å²) >= 11 is 0. The van der Waals surface area contributed by atoms with Crippen LogP contribution in [0.25, 0.3) is 16.4 Å². The lowest BCUT2D eigenvalue weighted by molar-refractivity contribution is -0.274. The van der Waals surface area contributed by atoms with Crippen molar-refractivity contribution in [1.29, 1.82) is 0 Å². The number of hydrogen-bond acceptors (Lipinski definition) is 7. The van der Waals surface area contributed by atoms with Gasteiger partial charge in [-0.15, -0.1) is 13.2 Å². The maximum absolute atomic E-state index is 12.4. The van der Waals surface area contributed by atoms with Crippen molar-refractivity contribution in [2.24, 2.45) is 0 Å². The van der Waals surface area contributed by atoms with Crippen LogP contribution >= 0.6 is 0 Å². The molecule has 0 saturated heterocycles. The fourth-order valence-electron chi connectivity index (χ4n) is 4.59. The molecule has 0 saturated carbocycles. The third-order valence-electron chi connectivity index (χ3n) is 6.90. The Morgan fingerprint density at radius 3 is 2.09 bits per heavy atom. The zero-order valence-corrected chi connectivity index (χ0v) is 25.0. The summed E-state index contributed by atoms with van der Waals surface area (Å²) in [5, 5.41) is 11.5. The smallest absolute Gasteiger partial charge is 0.493 e. The van der Waals surface area contributed by atoms with E-state index in [1.54, 1.807) is 35.7 Å². The molecule has 1 aliphatic rings. The molecule has 3 aromatic carbocycles. The van der Waals surface area contributed by atoms with Gasteiger partial charge >= 0.3 is 12.3 Å². The van der Waals surface area contributed by atoms with Gasteiger partial charge in [0.15, 0.2) is 0 Å². The number of rotatable bonds is 12. The molecule has 2 unspecified atom stereocenters. The first kappa shape index (κ1) is 31.6. The molecule has 0 fully saturated rings. The molecule has 8 nitrogen and oxygen atoms in total. The van der Waals surface area contributed by atoms with Crippen LogP contribution in [-0.2, 0) is 28.4 Å². The summed E-state index contributed by atoms with van der Waals surface area (Å²) in [6.45, 7) is 3.54. The Morgan fingerprint density at radius 2 is 1.51 bits per heavy atom. The van der Waals surface area contributed by atoms with Crippen LogP contribution in [0, 0.1) is 6.92 Å². The van der Waals surface area contributed by atoms with Crippen LogP contribution in [0.2, 0.25) is 0 Å². The lowest BCUT2D eigenvalue weighted by Crippen LogP contribution is -2.43. The summed E-state index contributed by atoms with van der Waals surface area (Å²) in [5.41, 5.74) is 1.38. The number of ether oxygens (including phenoxy) is 3. The van der Waals surface area contributed by atoms with Crippen LogP contribution in [-0.4, -0.2) is 38.8 Å². The Hall–Kier alpha value is -4.84. The molecule has 0 radical (unpaired) electrons. The number of hydrogen-bond donors (Lipinski definition) is 1. The van der Waals surface area contributed by atoms with E-state index in [0.717, 1.165) is 33.9 Å². The number of aliphatic carboxylic acids is 1. The predicted molar refractivity (Wildman–Crippen MR) is 161 cm³/mol. The van der Waals surface area contributed by atoms with E-state index in [9.17, 15) is 27.3 Å². The zero-order chi connectivity index (χ0) is 32.2. The predicted octanol–water partition coefficient (Wildman–Crippen LogP) is 7.25. The van der Waals surface area contributed by atoms with E-state index in [4.69, 9.17) is 13.9 Å². The molecule has 2 heterocycles. The third-order valence-corrected chi connectivity index (χ3v) is 8.11. The number of carboxylic acids is 1. The van der Waals surface area contributed by atoms with E-state index in [2.05, 4.69) is 9.72 Å². The Morgan fingerprint density at radius 1 is 0.911 bits per heavy atom. The number of benzene rings is 3. The molecular weight excluding hydrogens is 611 g/mol. The van der Waals surface area contributed by atoms with Gasteiger partial charge in [0.05, 0.1) is 28.0 Å². The molecule has 4 aromatic rings. The third kappa shape index (κ3) is 8.01. The van der Waals surface area contributed by atoms with Crippen molar-refractivity contribution in [3.63, 3.8) is 0 Å². The average Bonchev–Trinajstić information content (AvgIpc) is 3.59. The number of allylic oxidation sites excluding steroid dienone is 2. The minimum absolute atomic E-state index is 0.0162. The Balaban J connectivity index is 1.15. The van der Waals surface area contributed by atoms with Gasteiger partial charge in [-0.2, -0.15) is 0 Å². The van der Waals surface area contributed by atoms with E-state index in [-0.39, 0.29) is 12.2 Å². The molecule has 12 heteroatoms. The van der Waals surface area contributed by atoms with Gasteiger partial charge in [-0.1, -0.05) is 30.3 Å². The van der Waals surface area contributed by atoms with Crippen LogP contribution in [0.4, 0.5) is 13.2 Å². The molecule has 2 atom stereocenters. The topological polar surface area (TPSA) is 108 Å². The van der Waals surface area contributed by atoms with E-state index in [1.807, 2.05) is 37.3 Å². The first-order valence-corrected chi connectivity index (χ1v) is 15.0. The van der Waals surface area contributed by atoms with Crippen molar-refractivity contribution in [1.82, 2.24) is 4.98 Å². The zero-order valence-electron chi connectivity index (χ0n) is 24.2. The molecule has 45 heavy (non-hydrogen) atoms. The molecule has 0 amide bonds. The second kappa shape index (κ2) is 13.0. The normalized spacial score (nSPS) is 15.8. The van der Waals surface area contributed by atoms with Crippen molar-refractivity contribution < 1.29 is 45.9 Å². The lowest BCUT2D eigenvalue weighted by atomic mass is 9.96. The summed E-state index contributed by atoms with van der Waals surface area (Å²) in [6, 6.07) is 18.9. The number of alkyl halides is 3. The number of carboxylic acid groups (broad SMARTS) is 1. The number of aromatic nitrogens is 1. The summed E-state index contributed by atoms with van der Waals surface area (Å²) < 4.78 is 70.5. The largest absolute Gasteiger partial charge is 0.573 e. The van der Waals surface area contributed by atoms with Crippen molar-refractivity contribution in [3.05, 3.63) is 113 Å². The first-order valence-electron chi connectivity index (χ1n) is 13.7. The highest BCUT2D eigenvalue weighted by Crippen LogP contribution is 2.30. The van der Waals surface area contributed by atoms with Crippen LogP contribution in [0.5, 0.6) is 17.2 Å². The fourth-order valence-corrected chi connectivity index (χ4v) is 5.54. The van der Waals surface area contributed by atoms with Crippen molar-refractivity contribution in [2.75, 3.05) is 6.61 Å². The first-order chi connectivity index (χ1) is 21.4. The highest BCUT2D eigenvalue weighted by atomic mass is 32.2. The molecule has 0 aliphatic carbocycles.